The van der Waals surface area contributed by atoms with Crippen molar-refractivity contribution in [2.24, 2.45) is 0 Å². The molecule has 1 aliphatic heterocycles. The van der Waals surface area contributed by atoms with Gasteiger partial charge in [-0.1, -0.05) is 0 Å². The van der Waals surface area contributed by atoms with Crippen molar-refractivity contribution < 1.29 is 9.21 Å². The minimum atomic E-state index is 0.304. The number of oxazole rings is 1. The maximum atomic E-state index is 11.2. The number of carbonyl (C=O) groups excluding carboxylic acids is 1. The second kappa shape index (κ2) is 4.14. The molecule has 2 heterocycles. The monoisotopic (exact) mass is 208 g/mol. The van der Waals surface area contributed by atoms with Gasteiger partial charge in [-0.2, -0.15) is 0 Å². The molecule has 4 nitrogen and oxygen atoms in total. The number of piperidine rings is 1. The number of Topliss-reactive ketones (excluding diaryl/α,β-unsaturated/α-hetero) is 1. The van der Waals surface area contributed by atoms with Crippen LogP contribution < -0.4 is 0 Å². The zero-order valence-electron chi connectivity index (χ0n) is 9.19. The summed E-state index contributed by atoms with van der Waals surface area (Å²) in [6.45, 7) is 5.50. The number of carbonyl (C=O) groups is 1. The smallest absolute Gasteiger partial charge is 0.208 e. The fourth-order valence-electron chi connectivity index (χ4n) is 1.93. The summed E-state index contributed by atoms with van der Waals surface area (Å²) >= 11 is 0. The highest BCUT2D eigenvalue weighted by Gasteiger charge is 2.24. The number of nitrogens with zero attached hydrogens (tertiary/aromatic N) is 2. The van der Waals surface area contributed by atoms with Gasteiger partial charge in [0, 0.05) is 25.4 Å². The standard InChI is InChI=1S/C11H16N2O2/c1-8-5-10(14)3-4-13(8)7-11-12-6-9(2)15-11/h6,8H,3-5,7H2,1-2H3. The van der Waals surface area contributed by atoms with E-state index in [0.717, 1.165) is 18.2 Å². The van der Waals surface area contributed by atoms with Crippen LogP contribution in [-0.2, 0) is 11.3 Å². The predicted octanol–water partition coefficient (Wildman–Crippen LogP) is 1.54. The average molecular weight is 208 g/mol. The van der Waals surface area contributed by atoms with Crippen LogP contribution in [0.15, 0.2) is 10.6 Å². The first kappa shape index (κ1) is 10.4. The molecule has 82 valence electrons. The lowest BCUT2D eigenvalue weighted by molar-refractivity contribution is -0.123. The lowest BCUT2D eigenvalue weighted by Gasteiger charge is -2.31. The van der Waals surface area contributed by atoms with Crippen LogP contribution in [-0.4, -0.2) is 28.3 Å². The van der Waals surface area contributed by atoms with Gasteiger partial charge in [0.05, 0.1) is 12.7 Å². The molecule has 1 saturated heterocycles. The van der Waals surface area contributed by atoms with Crippen LogP contribution in [0.3, 0.4) is 0 Å². The third kappa shape index (κ3) is 2.45. The Bertz CT molecular complexity index is 359. The first-order valence-corrected chi connectivity index (χ1v) is 5.32. The summed E-state index contributed by atoms with van der Waals surface area (Å²) in [6, 6.07) is 0.304. The van der Waals surface area contributed by atoms with Gasteiger partial charge in [-0.05, 0) is 13.8 Å². The van der Waals surface area contributed by atoms with Crippen molar-refractivity contribution >= 4 is 5.78 Å². The van der Waals surface area contributed by atoms with Gasteiger partial charge >= 0.3 is 0 Å². The summed E-state index contributed by atoms with van der Waals surface area (Å²) in [5.41, 5.74) is 0. The molecule has 1 atom stereocenters. The molecule has 0 saturated carbocycles. The van der Waals surface area contributed by atoms with E-state index in [4.69, 9.17) is 4.42 Å². The third-order valence-electron chi connectivity index (χ3n) is 2.83. The Labute approximate surface area is 89.3 Å². The van der Waals surface area contributed by atoms with E-state index >= 15 is 0 Å². The first-order chi connectivity index (χ1) is 7.15. The fraction of sp³-hybridized carbons (Fsp3) is 0.636. The minimum Gasteiger partial charge on any atom is -0.445 e. The minimum absolute atomic E-state index is 0.304. The van der Waals surface area contributed by atoms with Crippen LogP contribution in [0.5, 0.6) is 0 Å². The highest BCUT2D eigenvalue weighted by Crippen LogP contribution is 2.16. The summed E-state index contributed by atoms with van der Waals surface area (Å²) in [6.07, 6.45) is 3.04. The van der Waals surface area contributed by atoms with E-state index in [1.165, 1.54) is 0 Å². The zero-order valence-corrected chi connectivity index (χ0v) is 9.19. The van der Waals surface area contributed by atoms with Crippen molar-refractivity contribution in [3.05, 3.63) is 17.8 Å². The van der Waals surface area contributed by atoms with Gasteiger partial charge in [-0.3, -0.25) is 9.69 Å². The number of likely N-dealkylation sites (tertiary alicyclic amines) is 1. The second-order valence-electron chi connectivity index (χ2n) is 4.18. The van der Waals surface area contributed by atoms with Gasteiger partial charge in [0.15, 0.2) is 0 Å². The van der Waals surface area contributed by atoms with Crippen molar-refractivity contribution in [2.45, 2.75) is 39.3 Å². The van der Waals surface area contributed by atoms with Crippen LogP contribution in [0.4, 0.5) is 0 Å². The lowest BCUT2D eigenvalue weighted by Crippen LogP contribution is -2.40. The van der Waals surface area contributed by atoms with Crippen LogP contribution in [0.25, 0.3) is 0 Å². The molecule has 15 heavy (non-hydrogen) atoms. The maximum Gasteiger partial charge on any atom is 0.208 e. The van der Waals surface area contributed by atoms with Crippen LogP contribution in [0, 0.1) is 6.92 Å². The molecule has 0 bridgehead atoms. The molecule has 0 spiro atoms. The molecule has 1 aromatic rings. The van der Waals surface area contributed by atoms with Crippen molar-refractivity contribution in [2.75, 3.05) is 6.54 Å². The SMILES string of the molecule is Cc1cnc(CN2CCC(=O)CC2C)o1. The normalized spacial score (nSPS) is 23.3. The Morgan fingerprint density at radius 3 is 3.07 bits per heavy atom. The molecule has 1 unspecified atom stereocenters. The molecule has 1 aromatic heterocycles. The van der Waals surface area contributed by atoms with Gasteiger partial charge in [-0.15, -0.1) is 0 Å². The van der Waals surface area contributed by atoms with E-state index in [2.05, 4.69) is 16.8 Å². The second-order valence-corrected chi connectivity index (χ2v) is 4.18. The molecule has 1 aliphatic rings. The highest BCUT2D eigenvalue weighted by atomic mass is 16.4. The molecular weight excluding hydrogens is 192 g/mol. The Morgan fingerprint density at radius 2 is 2.47 bits per heavy atom. The van der Waals surface area contributed by atoms with Crippen LogP contribution in [0.1, 0.15) is 31.4 Å². The van der Waals surface area contributed by atoms with Gasteiger partial charge in [0.1, 0.15) is 11.5 Å². The van der Waals surface area contributed by atoms with Crippen molar-refractivity contribution in [3.8, 4) is 0 Å². The van der Waals surface area contributed by atoms with E-state index < -0.39 is 0 Å². The summed E-state index contributed by atoms with van der Waals surface area (Å²) in [4.78, 5) is 17.6. The van der Waals surface area contributed by atoms with E-state index in [1.807, 2.05) is 6.92 Å². The average Bonchev–Trinajstić information content (AvgIpc) is 2.56. The molecule has 0 radical (unpaired) electrons. The molecule has 1 fully saturated rings. The van der Waals surface area contributed by atoms with Crippen molar-refractivity contribution in [1.29, 1.82) is 0 Å². The molecule has 0 amide bonds. The van der Waals surface area contributed by atoms with Gasteiger partial charge in [-0.25, -0.2) is 4.98 Å². The largest absolute Gasteiger partial charge is 0.445 e. The number of rotatable bonds is 2. The number of ketones is 1. The lowest BCUT2D eigenvalue weighted by atomic mass is 10.0. The number of hydrogen-bond donors (Lipinski definition) is 0. The Hall–Kier alpha value is -1.16. The van der Waals surface area contributed by atoms with Gasteiger partial charge in [0.2, 0.25) is 5.89 Å². The topological polar surface area (TPSA) is 46.3 Å². The number of aryl methyl sites for hydroxylation is 1. The van der Waals surface area contributed by atoms with Crippen molar-refractivity contribution in [3.63, 3.8) is 0 Å². The zero-order chi connectivity index (χ0) is 10.8. The Kier molecular flexibility index (Phi) is 2.86. The first-order valence-electron chi connectivity index (χ1n) is 5.32. The van der Waals surface area contributed by atoms with E-state index in [9.17, 15) is 4.79 Å². The maximum absolute atomic E-state index is 11.2. The van der Waals surface area contributed by atoms with Crippen LogP contribution >= 0.6 is 0 Å². The summed E-state index contributed by atoms with van der Waals surface area (Å²) < 4.78 is 5.42. The van der Waals surface area contributed by atoms with E-state index in [-0.39, 0.29) is 0 Å². The molecule has 4 heteroatoms. The highest BCUT2D eigenvalue weighted by molar-refractivity contribution is 5.79. The third-order valence-corrected chi connectivity index (χ3v) is 2.83. The van der Waals surface area contributed by atoms with Crippen molar-refractivity contribution in [1.82, 2.24) is 9.88 Å². The summed E-state index contributed by atoms with van der Waals surface area (Å²) in [5.74, 6) is 1.95. The molecule has 0 aromatic carbocycles. The van der Waals surface area contributed by atoms with E-state index in [0.29, 0.717) is 31.2 Å². The summed E-state index contributed by atoms with van der Waals surface area (Å²) in [7, 11) is 0. The molecule has 2 rings (SSSR count). The predicted molar refractivity (Wildman–Crippen MR) is 55.4 cm³/mol. The summed E-state index contributed by atoms with van der Waals surface area (Å²) in [5, 5.41) is 0. The molecule has 0 N–H and O–H groups in total. The van der Waals surface area contributed by atoms with E-state index in [1.54, 1.807) is 6.20 Å². The number of hydrogen-bond acceptors (Lipinski definition) is 4. The Balaban J connectivity index is 1.97. The van der Waals surface area contributed by atoms with Gasteiger partial charge < -0.3 is 4.42 Å². The number of aromatic nitrogens is 1. The van der Waals surface area contributed by atoms with Gasteiger partial charge in [0.25, 0.3) is 0 Å². The fourth-order valence-corrected chi connectivity index (χ4v) is 1.93. The van der Waals surface area contributed by atoms with Crippen LogP contribution in [0.2, 0.25) is 0 Å². The Morgan fingerprint density at radius 1 is 1.67 bits per heavy atom. The molecular formula is C11H16N2O2. The quantitative estimate of drug-likeness (QED) is 0.739. The molecule has 0 aliphatic carbocycles.